The third kappa shape index (κ3) is 3.56. The van der Waals surface area contributed by atoms with Gasteiger partial charge < -0.3 is 4.52 Å². The summed E-state index contributed by atoms with van der Waals surface area (Å²) in [6.07, 6.45) is 3.21. The van der Waals surface area contributed by atoms with Crippen molar-refractivity contribution in [1.82, 2.24) is 35.3 Å². The average Bonchev–Trinajstić information content (AvgIpc) is 3.32. The predicted molar refractivity (Wildman–Crippen MR) is 91.4 cm³/mol. The molecule has 25 heavy (non-hydrogen) atoms. The van der Waals surface area contributed by atoms with Crippen LogP contribution in [0, 0.1) is 6.92 Å². The minimum Gasteiger partial charge on any atom is -0.338 e. The number of aryl methyl sites for hydroxylation is 1. The van der Waals surface area contributed by atoms with E-state index < -0.39 is 0 Å². The highest BCUT2D eigenvalue weighted by molar-refractivity contribution is 7.98. The van der Waals surface area contributed by atoms with Crippen molar-refractivity contribution in [2.24, 2.45) is 0 Å². The molecular formula is C16H13N7OS. The molecule has 0 spiro atoms. The van der Waals surface area contributed by atoms with Crippen LogP contribution in [0.1, 0.15) is 11.7 Å². The van der Waals surface area contributed by atoms with Gasteiger partial charge in [-0.2, -0.15) is 10.1 Å². The first-order valence-electron chi connectivity index (χ1n) is 7.49. The van der Waals surface area contributed by atoms with E-state index in [1.165, 1.54) is 18.1 Å². The lowest BCUT2D eigenvalue weighted by molar-refractivity contribution is 0.391. The van der Waals surface area contributed by atoms with E-state index in [0.29, 0.717) is 22.6 Å². The number of hydrogen-bond acceptors (Lipinski definition) is 8. The lowest BCUT2D eigenvalue weighted by Crippen LogP contribution is -1.90. The fourth-order valence-electron chi connectivity index (χ4n) is 2.26. The van der Waals surface area contributed by atoms with Crippen LogP contribution in [0.5, 0.6) is 0 Å². The number of thioether (sulfide) groups is 1. The number of benzene rings is 1. The Morgan fingerprint density at radius 3 is 2.88 bits per heavy atom. The van der Waals surface area contributed by atoms with Gasteiger partial charge in [0.2, 0.25) is 11.7 Å². The molecule has 4 aromatic rings. The van der Waals surface area contributed by atoms with Crippen LogP contribution in [0.25, 0.3) is 22.6 Å². The van der Waals surface area contributed by atoms with Gasteiger partial charge >= 0.3 is 0 Å². The standard InChI is InChI=1S/C16H13N7OS/c1-10-17-6-5-13(20-10)11-3-2-4-12(7-11)15-21-14(24-23-15)8-25-16-18-9-19-22-16/h2-7,9H,8H2,1H3,(H,18,19,22). The molecule has 0 bridgehead atoms. The Hall–Kier alpha value is -3.07. The van der Waals surface area contributed by atoms with E-state index in [0.717, 1.165) is 22.6 Å². The third-order valence-corrected chi connectivity index (χ3v) is 4.25. The molecule has 0 radical (unpaired) electrons. The van der Waals surface area contributed by atoms with Gasteiger partial charge in [-0.15, -0.1) is 0 Å². The lowest BCUT2D eigenvalue weighted by Gasteiger charge is -2.03. The van der Waals surface area contributed by atoms with Crippen LogP contribution in [0.2, 0.25) is 0 Å². The Bertz CT molecular complexity index is 984. The molecule has 0 atom stereocenters. The van der Waals surface area contributed by atoms with Crippen molar-refractivity contribution in [1.29, 1.82) is 0 Å². The van der Waals surface area contributed by atoms with E-state index in [9.17, 15) is 0 Å². The summed E-state index contributed by atoms with van der Waals surface area (Å²) >= 11 is 1.45. The van der Waals surface area contributed by atoms with Gasteiger partial charge in [0.05, 0.1) is 11.4 Å². The maximum atomic E-state index is 5.31. The molecule has 0 unspecified atom stereocenters. The number of aromatic nitrogens is 7. The molecule has 0 amide bonds. The molecule has 1 N–H and O–H groups in total. The monoisotopic (exact) mass is 351 g/mol. The molecule has 9 heteroatoms. The molecule has 0 fully saturated rings. The lowest BCUT2D eigenvalue weighted by atomic mass is 10.1. The Morgan fingerprint density at radius 2 is 2.04 bits per heavy atom. The van der Waals surface area contributed by atoms with Gasteiger partial charge in [-0.1, -0.05) is 35.1 Å². The van der Waals surface area contributed by atoms with Crippen LogP contribution < -0.4 is 0 Å². The summed E-state index contributed by atoms with van der Waals surface area (Å²) in [5, 5.41) is 11.3. The highest BCUT2D eigenvalue weighted by atomic mass is 32.2. The van der Waals surface area contributed by atoms with E-state index in [-0.39, 0.29) is 0 Å². The fraction of sp³-hybridized carbons (Fsp3) is 0.125. The number of nitrogens with zero attached hydrogens (tertiary/aromatic N) is 6. The van der Waals surface area contributed by atoms with Crippen molar-refractivity contribution in [3.63, 3.8) is 0 Å². The molecule has 0 aliphatic rings. The van der Waals surface area contributed by atoms with E-state index in [4.69, 9.17) is 4.52 Å². The number of aromatic amines is 1. The maximum Gasteiger partial charge on any atom is 0.237 e. The molecule has 4 rings (SSSR count). The van der Waals surface area contributed by atoms with Crippen molar-refractivity contribution in [2.75, 3.05) is 0 Å². The van der Waals surface area contributed by atoms with Crippen molar-refractivity contribution in [3.05, 3.63) is 54.6 Å². The number of nitrogens with one attached hydrogen (secondary N) is 1. The average molecular weight is 351 g/mol. The SMILES string of the molecule is Cc1nccc(-c2cccc(-c3noc(CSc4ncn[nH]4)n3)c2)n1. The van der Waals surface area contributed by atoms with Crippen LogP contribution in [-0.4, -0.2) is 35.3 Å². The first-order chi connectivity index (χ1) is 12.3. The Labute approximate surface area is 147 Å². The zero-order chi connectivity index (χ0) is 17.1. The Balaban J connectivity index is 1.55. The first kappa shape index (κ1) is 15.5. The summed E-state index contributed by atoms with van der Waals surface area (Å²) in [4.78, 5) is 17.1. The van der Waals surface area contributed by atoms with Crippen molar-refractivity contribution >= 4 is 11.8 Å². The van der Waals surface area contributed by atoms with Crippen LogP contribution in [0.3, 0.4) is 0 Å². The van der Waals surface area contributed by atoms with Gasteiger partial charge in [-0.3, -0.25) is 5.10 Å². The molecule has 0 saturated heterocycles. The van der Waals surface area contributed by atoms with E-state index in [1.807, 2.05) is 37.3 Å². The normalized spacial score (nSPS) is 10.9. The zero-order valence-electron chi connectivity index (χ0n) is 13.2. The third-order valence-electron chi connectivity index (χ3n) is 3.39. The summed E-state index contributed by atoms with van der Waals surface area (Å²) < 4.78 is 5.31. The highest BCUT2D eigenvalue weighted by Crippen LogP contribution is 2.24. The molecule has 0 aliphatic carbocycles. The molecule has 124 valence electrons. The van der Waals surface area contributed by atoms with Crippen molar-refractivity contribution in [2.45, 2.75) is 17.8 Å². The molecule has 0 aliphatic heterocycles. The second-order valence-corrected chi connectivity index (χ2v) is 6.12. The second-order valence-electron chi connectivity index (χ2n) is 5.16. The summed E-state index contributed by atoms with van der Waals surface area (Å²) in [6.45, 7) is 1.87. The van der Waals surface area contributed by atoms with Crippen molar-refractivity contribution in [3.8, 4) is 22.6 Å². The largest absolute Gasteiger partial charge is 0.338 e. The number of hydrogen-bond donors (Lipinski definition) is 1. The molecule has 8 nitrogen and oxygen atoms in total. The van der Waals surface area contributed by atoms with Gasteiger partial charge in [0, 0.05) is 17.3 Å². The minimum absolute atomic E-state index is 0.521. The first-order valence-corrected chi connectivity index (χ1v) is 8.48. The van der Waals surface area contributed by atoms with E-state index >= 15 is 0 Å². The van der Waals surface area contributed by atoms with Crippen LogP contribution in [-0.2, 0) is 5.75 Å². The summed E-state index contributed by atoms with van der Waals surface area (Å²) in [6, 6.07) is 9.74. The Kier molecular flexibility index (Phi) is 4.21. The smallest absolute Gasteiger partial charge is 0.237 e. The van der Waals surface area contributed by atoms with Crippen LogP contribution >= 0.6 is 11.8 Å². The van der Waals surface area contributed by atoms with Crippen LogP contribution in [0.15, 0.2) is 52.5 Å². The summed E-state index contributed by atoms with van der Waals surface area (Å²) in [7, 11) is 0. The van der Waals surface area contributed by atoms with E-state index in [2.05, 4.69) is 35.3 Å². The number of H-pyrrole nitrogens is 1. The molecular weight excluding hydrogens is 338 g/mol. The summed E-state index contributed by atoms with van der Waals surface area (Å²) in [5.41, 5.74) is 2.71. The quantitative estimate of drug-likeness (QED) is 0.547. The van der Waals surface area contributed by atoms with Gasteiger partial charge in [-0.25, -0.2) is 15.0 Å². The van der Waals surface area contributed by atoms with E-state index in [1.54, 1.807) is 6.20 Å². The zero-order valence-corrected chi connectivity index (χ0v) is 14.1. The second kappa shape index (κ2) is 6.81. The predicted octanol–water partition coefficient (Wildman–Crippen LogP) is 2.91. The molecule has 0 saturated carbocycles. The fourth-order valence-corrected chi connectivity index (χ4v) is 2.88. The van der Waals surface area contributed by atoms with Gasteiger partial charge in [-0.05, 0) is 19.1 Å². The van der Waals surface area contributed by atoms with Gasteiger partial charge in [0.1, 0.15) is 12.2 Å². The summed E-state index contributed by atoms with van der Waals surface area (Å²) in [5.74, 6) is 2.32. The van der Waals surface area contributed by atoms with Gasteiger partial charge in [0.25, 0.3) is 0 Å². The van der Waals surface area contributed by atoms with Gasteiger partial charge in [0.15, 0.2) is 5.16 Å². The Morgan fingerprint density at radius 1 is 1.12 bits per heavy atom. The maximum absolute atomic E-state index is 5.31. The topological polar surface area (TPSA) is 106 Å². The highest BCUT2D eigenvalue weighted by Gasteiger charge is 2.11. The van der Waals surface area contributed by atoms with Crippen molar-refractivity contribution < 1.29 is 4.52 Å². The number of rotatable bonds is 5. The molecule has 3 heterocycles. The minimum atomic E-state index is 0.521. The molecule has 3 aromatic heterocycles. The molecule has 1 aromatic carbocycles. The van der Waals surface area contributed by atoms with Crippen LogP contribution in [0.4, 0.5) is 0 Å².